The van der Waals surface area contributed by atoms with Gasteiger partial charge in [-0.15, -0.1) is 0 Å². The Morgan fingerprint density at radius 3 is 2.65 bits per heavy atom. The molecule has 17 heavy (non-hydrogen) atoms. The normalized spacial score (nSPS) is 10.3. The summed E-state index contributed by atoms with van der Waals surface area (Å²) >= 11 is 5.95. The van der Waals surface area contributed by atoms with Gasteiger partial charge in [0.15, 0.2) is 5.75 Å². The zero-order valence-corrected chi connectivity index (χ0v) is 9.96. The van der Waals surface area contributed by atoms with Crippen LogP contribution in [-0.4, -0.2) is 0 Å². The topological polar surface area (TPSA) is 35.2 Å². The first kappa shape index (κ1) is 11.7. The van der Waals surface area contributed by atoms with Crippen LogP contribution in [0.4, 0.5) is 10.1 Å². The van der Waals surface area contributed by atoms with Gasteiger partial charge in [-0.2, -0.15) is 0 Å². The largest absolute Gasteiger partial charge is 0.454 e. The predicted molar refractivity (Wildman–Crippen MR) is 67.1 cm³/mol. The Morgan fingerprint density at radius 2 is 2.00 bits per heavy atom. The van der Waals surface area contributed by atoms with Crippen LogP contribution in [0.3, 0.4) is 0 Å². The zero-order valence-electron chi connectivity index (χ0n) is 9.21. The van der Waals surface area contributed by atoms with Gasteiger partial charge in [-0.1, -0.05) is 23.7 Å². The first-order valence-electron chi connectivity index (χ1n) is 5.06. The van der Waals surface area contributed by atoms with Crippen LogP contribution in [0.25, 0.3) is 0 Å². The van der Waals surface area contributed by atoms with E-state index < -0.39 is 0 Å². The number of rotatable bonds is 2. The van der Waals surface area contributed by atoms with Crippen molar-refractivity contribution >= 4 is 17.3 Å². The lowest BCUT2D eigenvalue weighted by Gasteiger charge is -2.10. The lowest BCUT2D eigenvalue weighted by Crippen LogP contribution is -1.93. The van der Waals surface area contributed by atoms with Gasteiger partial charge in [0.05, 0.1) is 10.7 Å². The lowest BCUT2D eigenvalue weighted by atomic mass is 10.2. The van der Waals surface area contributed by atoms with Gasteiger partial charge >= 0.3 is 0 Å². The van der Waals surface area contributed by atoms with Gasteiger partial charge in [0.25, 0.3) is 0 Å². The van der Waals surface area contributed by atoms with Gasteiger partial charge in [-0.3, -0.25) is 0 Å². The quantitative estimate of drug-likeness (QED) is 0.814. The number of nitrogens with two attached hydrogens (primary N) is 1. The second-order valence-electron chi connectivity index (χ2n) is 3.67. The maximum Gasteiger partial charge on any atom is 0.168 e. The van der Waals surface area contributed by atoms with E-state index in [1.807, 2.05) is 0 Å². The van der Waals surface area contributed by atoms with E-state index in [4.69, 9.17) is 22.1 Å². The molecule has 0 heterocycles. The Kier molecular flexibility index (Phi) is 3.20. The van der Waals surface area contributed by atoms with Crippen LogP contribution in [0.1, 0.15) is 5.56 Å². The number of nitrogen functional groups attached to an aromatic ring is 1. The molecule has 0 spiro atoms. The Bertz CT molecular complexity index is 537. The number of hydrogen-bond donors (Lipinski definition) is 1. The summed E-state index contributed by atoms with van der Waals surface area (Å²) in [7, 11) is 0. The molecule has 0 aromatic heterocycles. The molecule has 2 rings (SSSR count). The van der Waals surface area contributed by atoms with Crippen LogP contribution in [-0.2, 0) is 0 Å². The van der Waals surface area contributed by atoms with E-state index in [1.54, 1.807) is 37.3 Å². The molecule has 0 aliphatic carbocycles. The first-order chi connectivity index (χ1) is 8.08. The number of para-hydroxylation sites is 1. The Hall–Kier alpha value is -1.74. The van der Waals surface area contributed by atoms with Gasteiger partial charge in [0.1, 0.15) is 11.6 Å². The molecule has 0 bridgehead atoms. The molecule has 0 aliphatic heterocycles. The molecule has 4 heteroatoms. The maximum absolute atomic E-state index is 13.3. The van der Waals surface area contributed by atoms with Gasteiger partial charge in [-0.25, -0.2) is 4.39 Å². The second-order valence-corrected chi connectivity index (χ2v) is 4.08. The van der Waals surface area contributed by atoms with Crippen molar-refractivity contribution in [3.05, 3.63) is 52.8 Å². The number of benzene rings is 2. The molecule has 0 aliphatic rings. The predicted octanol–water partition coefficient (Wildman–Crippen LogP) is 4.16. The van der Waals surface area contributed by atoms with Crippen molar-refractivity contribution in [3.8, 4) is 11.5 Å². The fourth-order valence-corrected chi connectivity index (χ4v) is 1.61. The third-order valence-corrected chi connectivity index (χ3v) is 2.66. The van der Waals surface area contributed by atoms with Crippen molar-refractivity contribution < 1.29 is 9.13 Å². The number of ether oxygens (including phenoxy) is 1. The zero-order chi connectivity index (χ0) is 12.4. The molecule has 88 valence electrons. The average Bonchev–Trinajstić information content (AvgIpc) is 2.28. The lowest BCUT2D eigenvalue weighted by molar-refractivity contribution is 0.478. The number of aryl methyl sites for hydroxylation is 1. The highest BCUT2D eigenvalue weighted by Gasteiger charge is 2.08. The summed E-state index contributed by atoms with van der Waals surface area (Å²) in [6.45, 7) is 1.68. The second kappa shape index (κ2) is 4.63. The Labute approximate surface area is 104 Å². The molecule has 0 saturated carbocycles. The Balaban J connectivity index is 2.35. The van der Waals surface area contributed by atoms with Gasteiger partial charge in [0, 0.05) is 6.07 Å². The van der Waals surface area contributed by atoms with Crippen molar-refractivity contribution in [2.75, 3.05) is 5.73 Å². The van der Waals surface area contributed by atoms with Crippen molar-refractivity contribution in [1.82, 2.24) is 0 Å². The molecule has 2 N–H and O–H groups in total. The summed E-state index contributed by atoms with van der Waals surface area (Å²) in [5.74, 6) is 0.387. The van der Waals surface area contributed by atoms with E-state index in [0.29, 0.717) is 27.8 Å². The molecule has 0 radical (unpaired) electrons. The molecular formula is C13H11ClFNO. The minimum absolute atomic E-state index is 0.326. The van der Waals surface area contributed by atoms with Crippen LogP contribution in [0, 0.1) is 12.7 Å². The molecule has 2 aromatic rings. The minimum atomic E-state index is -0.326. The highest BCUT2D eigenvalue weighted by Crippen LogP contribution is 2.34. The average molecular weight is 252 g/mol. The smallest absolute Gasteiger partial charge is 0.168 e. The third-order valence-electron chi connectivity index (χ3n) is 2.36. The van der Waals surface area contributed by atoms with E-state index in [0.717, 1.165) is 0 Å². The first-order valence-corrected chi connectivity index (χ1v) is 5.43. The van der Waals surface area contributed by atoms with E-state index in [9.17, 15) is 4.39 Å². The fourth-order valence-electron chi connectivity index (χ4n) is 1.39. The summed E-state index contributed by atoms with van der Waals surface area (Å²) < 4.78 is 18.8. The Morgan fingerprint density at radius 1 is 1.24 bits per heavy atom. The SMILES string of the molecule is Cc1ccc(Oc2c(N)cccc2Cl)cc1F. The van der Waals surface area contributed by atoms with E-state index in [1.165, 1.54) is 6.07 Å². The van der Waals surface area contributed by atoms with Crippen molar-refractivity contribution in [3.63, 3.8) is 0 Å². The monoisotopic (exact) mass is 251 g/mol. The highest BCUT2D eigenvalue weighted by molar-refractivity contribution is 6.32. The molecule has 0 saturated heterocycles. The minimum Gasteiger partial charge on any atom is -0.454 e. The molecule has 2 aromatic carbocycles. The van der Waals surface area contributed by atoms with E-state index in [2.05, 4.69) is 0 Å². The van der Waals surface area contributed by atoms with E-state index in [-0.39, 0.29) is 5.82 Å². The summed E-state index contributed by atoms with van der Waals surface area (Å²) in [6.07, 6.45) is 0. The standard InChI is InChI=1S/C13H11ClFNO/c1-8-5-6-9(7-11(8)15)17-13-10(14)3-2-4-12(13)16/h2-7H,16H2,1H3. The van der Waals surface area contributed by atoms with Crippen LogP contribution in [0.5, 0.6) is 11.5 Å². The van der Waals surface area contributed by atoms with Crippen LogP contribution in [0.2, 0.25) is 5.02 Å². The summed E-state index contributed by atoms with van der Waals surface area (Å²) in [4.78, 5) is 0. The maximum atomic E-state index is 13.3. The van der Waals surface area contributed by atoms with E-state index >= 15 is 0 Å². The fraction of sp³-hybridized carbons (Fsp3) is 0.0769. The molecular weight excluding hydrogens is 241 g/mol. The molecule has 0 fully saturated rings. The van der Waals surface area contributed by atoms with Crippen molar-refractivity contribution in [2.45, 2.75) is 6.92 Å². The van der Waals surface area contributed by atoms with Crippen molar-refractivity contribution in [1.29, 1.82) is 0 Å². The summed E-state index contributed by atoms with van der Waals surface area (Å²) in [5, 5.41) is 0.394. The van der Waals surface area contributed by atoms with Gasteiger partial charge in [-0.05, 0) is 30.7 Å². The number of halogens is 2. The molecule has 2 nitrogen and oxygen atoms in total. The van der Waals surface area contributed by atoms with Gasteiger partial charge in [0.2, 0.25) is 0 Å². The third kappa shape index (κ3) is 2.50. The summed E-state index contributed by atoms with van der Waals surface area (Å²) in [5.41, 5.74) is 6.71. The molecule has 0 amide bonds. The number of hydrogen-bond acceptors (Lipinski definition) is 2. The van der Waals surface area contributed by atoms with Crippen LogP contribution >= 0.6 is 11.6 Å². The van der Waals surface area contributed by atoms with Crippen molar-refractivity contribution in [2.24, 2.45) is 0 Å². The summed E-state index contributed by atoms with van der Waals surface area (Å²) in [6, 6.07) is 9.67. The highest BCUT2D eigenvalue weighted by atomic mass is 35.5. The molecule has 0 atom stereocenters. The molecule has 0 unspecified atom stereocenters. The van der Waals surface area contributed by atoms with Crippen LogP contribution in [0.15, 0.2) is 36.4 Å². The number of anilines is 1. The van der Waals surface area contributed by atoms with Crippen LogP contribution < -0.4 is 10.5 Å². The van der Waals surface area contributed by atoms with Gasteiger partial charge < -0.3 is 10.5 Å².